The second-order valence-electron chi connectivity index (χ2n) is 10.3. The van der Waals surface area contributed by atoms with Crippen molar-refractivity contribution < 1.29 is 27.6 Å². The van der Waals surface area contributed by atoms with E-state index in [4.69, 9.17) is 28.0 Å². The third kappa shape index (κ3) is 7.03. The molecule has 1 aromatic heterocycles. The Bertz CT molecular complexity index is 1790. The Morgan fingerprint density at radius 2 is 1.70 bits per heavy atom. The molecule has 0 fully saturated rings. The number of fused-ring (bicyclic) bond motifs is 1. The lowest BCUT2D eigenvalue weighted by atomic mass is 9.79. The maximum Gasteiger partial charge on any atom is 0.254 e. The minimum absolute atomic E-state index is 0.140. The van der Waals surface area contributed by atoms with Gasteiger partial charge < -0.3 is 10.1 Å². The molecular formula is C31H28Cl2N4O6S. The second-order valence-corrected chi connectivity index (χ2v) is 12.9. The van der Waals surface area contributed by atoms with E-state index in [-0.39, 0.29) is 29.4 Å². The van der Waals surface area contributed by atoms with Crippen LogP contribution in [0.1, 0.15) is 50.7 Å². The highest BCUT2D eigenvalue weighted by molar-refractivity contribution is 7.88. The van der Waals surface area contributed by atoms with Crippen LogP contribution in [0.25, 0.3) is 0 Å². The van der Waals surface area contributed by atoms with E-state index < -0.39 is 39.8 Å². The summed E-state index contributed by atoms with van der Waals surface area (Å²) in [6, 6.07) is 23.2. The molecule has 4 aromatic rings. The van der Waals surface area contributed by atoms with E-state index in [1.54, 1.807) is 84.9 Å². The summed E-state index contributed by atoms with van der Waals surface area (Å²) >= 11 is 12.9. The number of hydrogen-bond acceptors (Lipinski definition) is 6. The lowest BCUT2D eigenvalue weighted by Gasteiger charge is -2.43. The Kier molecular flexibility index (Phi) is 9.52. The van der Waals surface area contributed by atoms with Gasteiger partial charge in [0.15, 0.2) is 12.8 Å². The average molecular weight is 656 g/mol. The number of pyridine rings is 1. The van der Waals surface area contributed by atoms with Gasteiger partial charge in [-0.15, -0.1) is 0 Å². The Morgan fingerprint density at radius 3 is 2.41 bits per heavy atom. The van der Waals surface area contributed by atoms with Crippen LogP contribution in [0, 0.1) is 5.21 Å². The summed E-state index contributed by atoms with van der Waals surface area (Å²) in [5.74, 6) is -2.08. The van der Waals surface area contributed by atoms with Crippen LogP contribution < -0.4 is 14.9 Å². The number of sulfonamides is 1. The number of benzene rings is 3. The monoisotopic (exact) mass is 654 g/mol. The first kappa shape index (κ1) is 31.4. The summed E-state index contributed by atoms with van der Waals surface area (Å²) in [7, 11) is -3.73. The van der Waals surface area contributed by atoms with Crippen molar-refractivity contribution in [1.82, 2.24) is 15.1 Å². The normalized spacial score (nSPS) is 17.2. The maximum atomic E-state index is 14.2. The van der Waals surface area contributed by atoms with Crippen molar-refractivity contribution in [2.24, 2.45) is 0 Å². The third-order valence-electron chi connectivity index (χ3n) is 7.24. The molecule has 1 aliphatic heterocycles. The lowest BCUT2D eigenvalue weighted by molar-refractivity contribution is -0.616. The molecule has 2 amide bonds. The van der Waals surface area contributed by atoms with Gasteiger partial charge in [0.1, 0.15) is 0 Å². The molecule has 3 atom stereocenters. The molecular weight excluding hydrogens is 627 g/mol. The molecule has 10 nitrogen and oxygen atoms in total. The Morgan fingerprint density at radius 1 is 1.00 bits per heavy atom. The highest BCUT2D eigenvalue weighted by Crippen LogP contribution is 2.46. The van der Waals surface area contributed by atoms with E-state index in [9.17, 15) is 23.2 Å². The number of hydrogen-bond donors (Lipinski definition) is 2. The van der Waals surface area contributed by atoms with Crippen LogP contribution >= 0.6 is 23.2 Å². The van der Waals surface area contributed by atoms with Crippen molar-refractivity contribution in [2.45, 2.75) is 24.6 Å². The number of nitrogens with one attached hydrogen (secondary N) is 2. The molecule has 228 valence electrons. The van der Waals surface area contributed by atoms with Gasteiger partial charge in [-0.2, -0.15) is 4.73 Å². The second kappa shape index (κ2) is 13.3. The highest BCUT2D eigenvalue weighted by Gasteiger charge is 2.46. The minimum atomic E-state index is -3.73. The SMILES string of the molecule is CS(=O)(=O)NC(CN1C(=O)c2ccccc2C(C(=O)NOCc2cccc[n+]2[O-])C1c1ccc(Cl)cc1Cl)c1ccccc1. The quantitative estimate of drug-likeness (QED) is 0.148. The summed E-state index contributed by atoms with van der Waals surface area (Å²) < 4.78 is 28.2. The minimum Gasteiger partial charge on any atom is -0.618 e. The van der Waals surface area contributed by atoms with E-state index in [0.717, 1.165) is 6.26 Å². The topological polar surface area (TPSA) is 132 Å². The van der Waals surface area contributed by atoms with Crippen LogP contribution in [-0.4, -0.2) is 37.9 Å². The van der Waals surface area contributed by atoms with E-state index in [2.05, 4.69) is 10.2 Å². The summed E-state index contributed by atoms with van der Waals surface area (Å²) in [5, 5.41) is 12.6. The number of amides is 2. The lowest BCUT2D eigenvalue weighted by Crippen LogP contribution is -2.50. The largest absolute Gasteiger partial charge is 0.618 e. The van der Waals surface area contributed by atoms with Gasteiger partial charge in [0.05, 0.1) is 24.3 Å². The first-order valence-electron chi connectivity index (χ1n) is 13.5. The van der Waals surface area contributed by atoms with Gasteiger partial charge in [-0.1, -0.05) is 77.8 Å². The van der Waals surface area contributed by atoms with Crippen LogP contribution in [-0.2, 0) is 26.3 Å². The fourth-order valence-electron chi connectivity index (χ4n) is 5.34. The number of carbonyl (C=O) groups is 2. The summed E-state index contributed by atoms with van der Waals surface area (Å²) in [6.07, 6.45) is 2.35. The van der Waals surface area contributed by atoms with Gasteiger partial charge in [-0.25, -0.2) is 18.6 Å². The van der Waals surface area contributed by atoms with Crippen molar-refractivity contribution >= 4 is 45.0 Å². The fourth-order valence-corrected chi connectivity index (χ4v) is 6.58. The Labute approximate surface area is 264 Å². The highest BCUT2D eigenvalue weighted by atomic mass is 35.5. The smallest absolute Gasteiger partial charge is 0.254 e. The van der Waals surface area contributed by atoms with Gasteiger partial charge >= 0.3 is 0 Å². The Balaban J connectivity index is 1.59. The number of hydroxylamine groups is 1. The van der Waals surface area contributed by atoms with Gasteiger partial charge in [0.25, 0.3) is 11.8 Å². The van der Waals surface area contributed by atoms with Gasteiger partial charge in [0, 0.05) is 34.3 Å². The molecule has 2 heterocycles. The van der Waals surface area contributed by atoms with Crippen molar-refractivity contribution in [3.05, 3.63) is 140 Å². The zero-order chi connectivity index (χ0) is 31.4. The van der Waals surface area contributed by atoms with E-state index in [0.29, 0.717) is 26.4 Å². The van der Waals surface area contributed by atoms with Crippen LogP contribution in [0.3, 0.4) is 0 Å². The molecule has 0 bridgehead atoms. The first-order chi connectivity index (χ1) is 21.0. The zero-order valence-corrected chi connectivity index (χ0v) is 25.7. The number of nitrogens with zero attached hydrogens (tertiary/aromatic N) is 2. The maximum absolute atomic E-state index is 14.2. The molecule has 44 heavy (non-hydrogen) atoms. The van der Waals surface area contributed by atoms with Crippen molar-refractivity contribution in [3.63, 3.8) is 0 Å². The van der Waals surface area contributed by atoms with E-state index in [1.807, 2.05) is 0 Å². The molecule has 13 heteroatoms. The van der Waals surface area contributed by atoms with E-state index in [1.165, 1.54) is 17.2 Å². The molecule has 5 rings (SSSR count). The molecule has 0 aliphatic carbocycles. The fraction of sp³-hybridized carbons (Fsp3) is 0.194. The zero-order valence-electron chi connectivity index (χ0n) is 23.4. The first-order valence-corrected chi connectivity index (χ1v) is 16.1. The molecule has 3 aromatic carbocycles. The molecule has 1 aliphatic rings. The number of carbonyl (C=O) groups excluding carboxylic acids is 2. The number of aromatic nitrogens is 1. The third-order valence-corrected chi connectivity index (χ3v) is 8.51. The van der Waals surface area contributed by atoms with Crippen molar-refractivity contribution in [2.75, 3.05) is 12.8 Å². The molecule has 0 saturated carbocycles. The molecule has 2 N–H and O–H groups in total. The van der Waals surface area contributed by atoms with Crippen molar-refractivity contribution in [1.29, 1.82) is 0 Å². The summed E-state index contributed by atoms with van der Waals surface area (Å²) in [4.78, 5) is 35.1. The molecule has 0 radical (unpaired) electrons. The van der Waals surface area contributed by atoms with Crippen LogP contribution in [0.4, 0.5) is 0 Å². The average Bonchev–Trinajstić information content (AvgIpc) is 2.99. The van der Waals surface area contributed by atoms with Gasteiger partial charge in [-0.3, -0.25) is 14.4 Å². The number of halogens is 2. The van der Waals surface area contributed by atoms with Gasteiger partial charge in [-0.05, 0) is 41.0 Å². The van der Waals surface area contributed by atoms with Crippen LogP contribution in [0.5, 0.6) is 0 Å². The van der Waals surface area contributed by atoms with Crippen molar-refractivity contribution in [3.8, 4) is 0 Å². The molecule has 3 unspecified atom stereocenters. The van der Waals surface area contributed by atoms with Crippen LogP contribution in [0.15, 0.2) is 97.2 Å². The molecule has 0 saturated heterocycles. The predicted molar refractivity (Wildman–Crippen MR) is 165 cm³/mol. The standard InChI is InChI=1S/C31H28Cl2N4O6S/c1-44(41,42)35-27(20-9-3-2-4-10-20)18-36-29(25-15-14-21(32)17-26(25)33)28(23-12-5-6-13-24(23)31(36)39)30(38)34-43-19-22-11-7-8-16-37(22)40/h2-17,27-29,35H,18-19H2,1H3,(H,34,38). The molecule has 0 spiro atoms. The summed E-state index contributed by atoms with van der Waals surface area (Å²) in [5.41, 5.74) is 4.44. The Hall–Kier alpha value is -4.00. The number of rotatable bonds is 10. The van der Waals surface area contributed by atoms with Crippen LogP contribution in [0.2, 0.25) is 10.0 Å². The predicted octanol–water partition coefficient (Wildman–Crippen LogP) is 4.45. The van der Waals surface area contributed by atoms with Gasteiger partial charge in [0.2, 0.25) is 15.7 Å². The van der Waals surface area contributed by atoms with E-state index >= 15 is 0 Å². The summed E-state index contributed by atoms with van der Waals surface area (Å²) in [6.45, 7) is -0.355.